The van der Waals surface area contributed by atoms with E-state index in [2.05, 4.69) is 17.1 Å². The summed E-state index contributed by atoms with van der Waals surface area (Å²) in [6, 6.07) is 0.167. The van der Waals surface area contributed by atoms with E-state index in [1.165, 1.54) is 0 Å². The van der Waals surface area contributed by atoms with Crippen LogP contribution < -0.4 is 5.32 Å². The summed E-state index contributed by atoms with van der Waals surface area (Å²) < 4.78 is 0. The minimum absolute atomic E-state index is 0.167. The van der Waals surface area contributed by atoms with E-state index in [4.69, 9.17) is 0 Å². The van der Waals surface area contributed by atoms with Gasteiger partial charge in [-0.2, -0.15) is 0 Å². The number of hydrogen-bond acceptors (Lipinski definition) is 3. The summed E-state index contributed by atoms with van der Waals surface area (Å²) >= 11 is 0. The Kier molecular flexibility index (Phi) is 6.60. The third-order valence-electron chi connectivity index (χ3n) is 2.56. The molecule has 0 saturated carbocycles. The van der Waals surface area contributed by atoms with Crippen molar-refractivity contribution >= 4 is 5.97 Å². The maximum absolute atomic E-state index is 11.3. The van der Waals surface area contributed by atoms with Gasteiger partial charge in [0, 0.05) is 12.6 Å². The SMILES string of the molecule is CCCCN(C)CC(C)(NC(C)C)C(=O)O. The number of carbonyl (C=O) groups is 1. The highest BCUT2D eigenvalue weighted by Gasteiger charge is 2.34. The van der Waals surface area contributed by atoms with E-state index >= 15 is 0 Å². The van der Waals surface area contributed by atoms with E-state index in [9.17, 15) is 9.90 Å². The van der Waals surface area contributed by atoms with Gasteiger partial charge in [0.05, 0.1) is 0 Å². The Morgan fingerprint density at radius 3 is 2.44 bits per heavy atom. The van der Waals surface area contributed by atoms with Crippen molar-refractivity contribution in [2.75, 3.05) is 20.1 Å². The summed E-state index contributed by atoms with van der Waals surface area (Å²) in [5, 5.41) is 12.4. The predicted molar refractivity (Wildman–Crippen MR) is 66.7 cm³/mol. The van der Waals surface area contributed by atoms with Crippen LogP contribution in [0.2, 0.25) is 0 Å². The standard InChI is InChI=1S/C12H26N2O2/c1-6-7-8-14(5)9-12(4,11(15)16)13-10(2)3/h10,13H,6-9H2,1-5H3,(H,15,16). The molecule has 0 fully saturated rings. The molecule has 0 saturated heterocycles. The normalized spacial score (nSPS) is 15.4. The smallest absolute Gasteiger partial charge is 0.324 e. The summed E-state index contributed by atoms with van der Waals surface area (Å²) in [7, 11) is 1.97. The molecule has 2 N–H and O–H groups in total. The molecule has 0 aliphatic rings. The molecule has 1 unspecified atom stereocenters. The first kappa shape index (κ1) is 15.4. The number of likely N-dealkylation sites (N-methyl/N-ethyl adjacent to an activating group) is 1. The summed E-state index contributed by atoms with van der Waals surface area (Å²) in [5.74, 6) is -0.787. The van der Waals surface area contributed by atoms with Crippen molar-refractivity contribution in [3.63, 3.8) is 0 Å². The molecule has 0 aromatic heterocycles. The maximum atomic E-state index is 11.3. The molecule has 1 atom stereocenters. The van der Waals surface area contributed by atoms with Crippen LogP contribution in [0.1, 0.15) is 40.5 Å². The van der Waals surface area contributed by atoms with Gasteiger partial charge in [-0.25, -0.2) is 0 Å². The summed E-state index contributed by atoms with van der Waals surface area (Å²) in [6.45, 7) is 9.29. The molecule has 0 radical (unpaired) electrons. The first-order chi connectivity index (χ1) is 7.31. The van der Waals surface area contributed by atoms with Crippen molar-refractivity contribution in [3.8, 4) is 0 Å². The van der Waals surface area contributed by atoms with Gasteiger partial charge in [-0.3, -0.25) is 10.1 Å². The number of nitrogens with one attached hydrogen (secondary N) is 1. The average molecular weight is 230 g/mol. The Bertz CT molecular complexity index is 219. The van der Waals surface area contributed by atoms with Crippen LogP contribution in [0.25, 0.3) is 0 Å². The van der Waals surface area contributed by atoms with Crippen LogP contribution in [0.3, 0.4) is 0 Å². The molecule has 0 rings (SSSR count). The van der Waals surface area contributed by atoms with Gasteiger partial charge >= 0.3 is 5.97 Å². The van der Waals surface area contributed by atoms with Crippen molar-refractivity contribution < 1.29 is 9.90 Å². The molecule has 0 spiro atoms. The Labute approximate surface area is 99.0 Å². The Hall–Kier alpha value is -0.610. The van der Waals surface area contributed by atoms with Gasteiger partial charge in [0.1, 0.15) is 5.54 Å². The van der Waals surface area contributed by atoms with E-state index < -0.39 is 11.5 Å². The van der Waals surface area contributed by atoms with E-state index in [0.29, 0.717) is 6.54 Å². The van der Waals surface area contributed by atoms with Gasteiger partial charge in [-0.1, -0.05) is 13.3 Å². The minimum atomic E-state index is -0.864. The lowest BCUT2D eigenvalue weighted by molar-refractivity contribution is -0.145. The zero-order valence-corrected chi connectivity index (χ0v) is 11.2. The molecule has 0 aromatic rings. The van der Waals surface area contributed by atoms with Crippen LogP contribution in [0.15, 0.2) is 0 Å². The first-order valence-electron chi connectivity index (χ1n) is 6.01. The fourth-order valence-electron chi connectivity index (χ4n) is 1.86. The molecule has 16 heavy (non-hydrogen) atoms. The molecular weight excluding hydrogens is 204 g/mol. The second-order valence-corrected chi connectivity index (χ2v) is 5.03. The molecule has 0 aromatic carbocycles. The molecule has 96 valence electrons. The number of unbranched alkanes of at least 4 members (excludes halogenated alkanes) is 1. The number of aliphatic carboxylic acids is 1. The van der Waals surface area contributed by atoms with Gasteiger partial charge in [0.2, 0.25) is 0 Å². The molecule has 0 aliphatic heterocycles. The third-order valence-corrected chi connectivity index (χ3v) is 2.56. The van der Waals surface area contributed by atoms with E-state index in [1.54, 1.807) is 6.92 Å². The Balaban J connectivity index is 4.37. The zero-order chi connectivity index (χ0) is 12.8. The monoisotopic (exact) mass is 230 g/mol. The van der Waals surface area contributed by atoms with Crippen molar-refractivity contribution in [2.24, 2.45) is 0 Å². The summed E-state index contributed by atoms with van der Waals surface area (Å²) in [6.07, 6.45) is 2.24. The topological polar surface area (TPSA) is 52.6 Å². The number of rotatable bonds is 8. The summed E-state index contributed by atoms with van der Waals surface area (Å²) in [5.41, 5.74) is -0.864. The molecular formula is C12H26N2O2. The maximum Gasteiger partial charge on any atom is 0.324 e. The van der Waals surface area contributed by atoms with Gasteiger partial charge in [-0.05, 0) is 40.8 Å². The fraction of sp³-hybridized carbons (Fsp3) is 0.917. The molecule has 0 bridgehead atoms. The zero-order valence-electron chi connectivity index (χ0n) is 11.2. The summed E-state index contributed by atoms with van der Waals surface area (Å²) in [4.78, 5) is 13.4. The second kappa shape index (κ2) is 6.86. The average Bonchev–Trinajstić information content (AvgIpc) is 2.12. The van der Waals surface area contributed by atoms with Crippen LogP contribution >= 0.6 is 0 Å². The van der Waals surface area contributed by atoms with Crippen LogP contribution in [-0.2, 0) is 4.79 Å². The van der Waals surface area contributed by atoms with Gasteiger partial charge < -0.3 is 10.0 Å². The van der Waals surface area contributed by atoms with E-state index in [1.807, 2.05) is 20.9 Å². The van der Waals surface area contributed by atoms with E-state index in [-0.39, 0.29) is 6.04 Å². The predicted octanol–water partition coefficient (Wildman–Crippen LogP) is 1.56. The number of nitrogens with zero attached hydrogens (tertiary/aromatic N) is 1. The highest BCUT2D eigenvalue weighted by molar-refractivity contribution is 5.78. The fourth-order valence-corrected chi connectivity index (χ4v) is 1.86. The Morgan fingerprint density at radius 2 is 2.06 bits per heavy atom. The number of hydrogen-bond donors (Lipinski definition) is 2. The molecule has 0 aliphatic carbocycles. The van der Waals surface area contributed by atoms with Gasteiger partial charge in [0.25, 0.3) is 0 Å². The number of carboxylic acid groups (broad SMARTS) is 1. The van der Waals surface area contributed by atoms with E-state index in [0.717, 1.165) is 19.4 Å². The Morgan fingerprint density at radius 1 is 1.50 bits per heavy atom. The second-order valence-electron chi connectivity index (χ2n) is 5.03. The molecule has 4 nitrogen and oxygen atoms in total. The van der Waals surface area contributed by atoms with Crippen LogP contribution in [0.5, 0.6) is 0 Å². The first-order valence-corrected chi connectivity index (χ1v) is 6.01. The highest BCUT2D eigenvalue weighted by atomic mass is 16.4. The van der Waals surface area contributed by atoms with Crippen LogP contribution in [0.4, 0.5) is 0 Å². The van der Waals surface area contributed by atoms with Crippen LogP contribution in [-0.4, -0.2) is 47.7 Å². The van der Waals surface area contributed by atoms with Crippen LogP contribution in [0, 0.1) is 0 Å². The minimum Gasteiger partial charge on any atom is -0.480 e. The third kappa shape index (κ3) is 5.47. The molecule has 0 amide bonds. The lowest BCUT2D eigenvalue weighted by Crippen LogP contribution is -2.58. The largest absolute Gasteiger partial charge is 0.480 e. The number of carboxylic acids is 1. The molecule has 4 heteroatoms. The van der Waals surface area contributed by atoms with Crippen molar-refractivity contribution in [1.82, 2.24) is 10.2 Å². The highest BCUT2D eigenvalue weighted by Crippen LogP contribution is 2.08. The van der Waals surface area contributed by atoms with Gasteiger partial charge in [0.15, 0.2) is 0 Å². The lowest BCUT2D eigenvalue weighted by Gasteiger charge is -2.32. The van der Waals surface area contributed by atoms with Crippen molar-refractivity contribution in [2.45, 2.75) is 52.1 Å². The van der Waals surface area contributed by atoms with Crippen molar-refractivity contribution in [1.29, 1.82) is 0 Å². The molecule has 0 heterocycles. The quantitative estimate of drug-likeness (QED) is 0.664. The lowest BCUT2D eigenvalue weighted by atomic mass is 10.0. The van der Waals surface area contributed by atoms with Gasteiger partial charge in [-0.15, -0.1) is 0 Å². The van der Waals surface area contributed by atoms with Crippen molar-refractivity contribution in [3.05, 3.63) is 0 Å².